The Morgan fingerprint density at radius 1 is 1.12 bits per heavy atom. The summed E-state index contributed by atoms with van der Waals surface area (Å²) in [5.74, 6) is 0.0842. The van der Waals surface area contributed by atoms with E-state index in [0.29, 0.717) is 31.2 Å². The second-order valence-electron chi connectivity index (χ2n) is 7.90. The van der Waals surface area contributed by atoms with Crippen LogP contribution in [0, 0.1) is 0 Å². The number of carbonyl (C=O) groups is 1. The third-order valence-corrected chi connectivity index (χ3v) is 7.06. The van der Waals surface area contributed by atoms with Crippen molar-refractivity contribution in [2.24, 2.45) is 5.10 Å². The highest BCUT2D eigenvalue weighted by molar-refractivity contribution is 7.22. The molecule has 32 heavy (non-hydrogen) atoms. The van der Waals surface area contributed by atoms with Gasteiger partial charge in [-0.05, 0) is 49.6 Å². The maximum Gasteiger partial charge on any atom is 0.253 e. The van der Waals surface area contributed by atoms with E-state index in [0.717, 1.165) is 45.2 Å². The molecule has 1 aliphatic rings. The topological polar surface area (TPSA) is 60.8 Å². The summed E-state index contributed by atoms with van der Waals surface area (Å²) in [6.07, 6.45) is 1.86. The Bertz CT molecular complexity index is 1130. The normalized spacial score (nSPS) is 14.8. The SMILES string of the molecule is CC/C(C)=N/Nc1nc2c(N3CCN(C(=O)c4ccc(CC)cc4)CC3)c(Cl)ccc2s1. The molecule has 2 heterocycles. The van der Waals surface area contributed by atoms with Gasteiger partial charge in [0, 0.05) is 37.5 Å². The van der Waals surface area contributed by atoms with Crippen molar-refractivity contribution in [3.8, 4) is 0 Å². The minimum absolute atomic E-state index is 0.0842. The number of hydrogen-bond acceptors (Lipinski definition) is 6. The molecule has 8 heteroatoms. The predicted molar refractivity (Wildman–Crippen MR) is 136 cm³/mol. The van der Waals surface area contributed by atoms with Crippen LogP contribution in [0.1, 0.15) is 43.1 Å². The molecule has 0 bridgehead atoms. The summed E-state index contributed by atoms with van der Waals surface area (Å²) in [6, 6.07) is 11.8. The third-order valence-electron chi connectivity index (χ3n) is 5.83. The summed E-state index contributed by atoms with van der Waals surface area (Å²) in [4.78, 5) is 21.8. The zero-order chi connectivity index (χ0) is 22.7. The van der Waals surface area contributed by atoms with Gasteiger partial charge in [-0.2, -0.15) is 5.10 Å². The molecule has 168 valence electrons. The summed E-state index contributed by atoms with van der Waals surface area (Å²) >= 11 is 8.18. The Hall–Kier alpha value is -2.64. The van der Waals surface area contributed by atoms with Gasteiger partial charge in [0.1, 0.15) is 5.52 Å². The summed E-state index contributed by atoms with van der Waals surface area (Å²) in [6.45, 7) is 8.90. The number of aryl methyl sites for hydroxylation is 1. The molecule has 1 aromatic heterocycles. The van der Waals surface area contributed by atoms with Crippen LogP contribution in [0.15, 0.2) is 41.5 Å². The molecule has 3 aromatic rings. The number of aromatic nitrogens is 1. The molecule has 0 saturated carbocycles. The number of benzene rings is 2. The molecule has 1 aliphatic heterocycles. The van der Waals surface area contributed by atoms with Crippen LogP contribution in [-0.4, -0.2) is 47.7 Å². The fourth-order valence-electron chi connectivity index (χ4n) is 3.73. The first kappa shape index (κ1) is 22.6. The summed E-state index contributed by atoms with van der Waals surface area (Å²) in [7, 11) is 0. The number of fused-ring (bicyclic) bond motifs is 1. The van der Waals surface area contributed by atoms with E-state index in [2.05, 4.69) is 29.3 Å². The fraction of sp³-hybridized carbons (Fsp3) is 0.375. The average Bonchev–Trinajstić information content (AvgIpc) is 3.25. The monoisotopic (exact) mass is 469 g/mol. The van der Waals surface area contributed by atoms with Crippen molar-refractivity contribution < 1.29 is 4.79 Å². The van der Waals surface area contributed by atoms with Gasteiger partial charge < -0.3 is 9.80 Å². The molecular weight excluding hydrogens is 442 g/mol. The number of nitrogens with one attached hydrogen (secondary N) is 1. The molecule has 1 saturated heterocycles. The largest absolute Gasteiger partial charge is 0.365 e. The van der Waals surface area contributed by atoms with Gasteiger partial charge in [0.15, 0.2) is 0 Å². The van der Waals surface area contributed by atoms with Crippen LogP contribution in [-0.2, 0) is 6.42 Å². The van der Waals surface area contributed by atoms with E-state index in [1.165, 1.54) is 5.56 Å². The lowest BCUT2D eigenvalue weighted by Crippen LogP contribution is -2.49. The van der Waals surface area contributed by atoms with Crippen molar-refractivity contribution >= 4 is 55.6 Å². The minimum atomic E-state index is 0.0842. The quantitative estimate of drug-likeness (QED) is 0.373. The molecule has 0 atom stereocenters. The summed E-state index contributed by atoms with van der Waals surface area (Å²) < 4.78 is 1.06. The lowest BCUT2D eigenvalue weighted by molar-refractivity contribution is 0.0747. The standard InChI is InChI=1S/C24H28ClN5OS/c1-4-16(3)27-28-24-26-21-20(32-24)11-10-19(25)22(21)29-12-14-30(15-13-29)23(31)18-8-6-17(5-2)7-9-18/h6-11H,4-5,12-15H2,1-3H3,(H,26,28)/b27-16+. The molecule has 1 amide bonds. The van der Waals surface area contributed by atoms with E-state index < -0.39 is 0 Å². The second kappa shape index (κ2) is 9.88. The highest BCUT2D eigenvalue weighted by Crippen LogP contribution is 2.38. The second-order valence-corrected chi connectivity index (χ2v) is 9.34. The highest BCUT2D eigenvalue weighted by Gasteiger charge is 2.25. The van der Waals surface area contributed by atoms with E-state index in [-0.39, 0.29) is 5.91 Å². The number of thiazole rings is 1. The number of anilines is 2. The lowest BCUT2D eigenvalue weighted by Gasteiger charge is -2.36. The molecule has 1 N–H and O–H groups in total. The Labute approximate surface area is 197 Å². The van der Waals surface area contributed by atoms with Crippen molar-refractivity contribution in [1.29, 1.82) is 0 Å². The Kier molecular flexibility index (Phi) is 6.96. The summed E-state index contributed by atoms with van der Waals surface area (Å²) in [5.41, 5.74) is 7.88. The van der Waals surface area contributed by atoms with Crippen LogP contribution in [0.2, 0.25) is 5.02 Å². The molecule has 2 aromatic carbocycles. The first-order chi connectivity index (χ1) is 15.5. The molecule has 4 rings (SSSR count). The van der Waals surface area contributed by atoms with E-state index in [1.54, 1.807) is 11.3 Å². The van der Waals surface area contributed by atoms with Gasteiger partial charge in [0.05, 0.1) is 15.4 Å². The number of hydrazone groups is 1. The van der Waals surface area contributed by atoms with Gasteiger partial charge in [0.25, 0.3) is 5.91 Å². The third kappa shape index (κ3) is 4.74. The zero-order valence-electron chi connectivity index (χ0n) is 18.7. The molecule has 0 spiro atoms. The summed E-state index contributed by atoms with van der Waals surface area (Å²) in [5, 5.41) is 5.79. The molecule has 6 nitrogen and oxygen atoms in total. The zero-order valence-corrected chi connectivity index (χ0v) is 20.3. The Balaban J connectivity index is 1.50. The number of hydrogen-bond donors (Lipinski definition) is 1. The molecular formula is C24H28ClN5OS. The van der Waals surface area contributed by atoms with Gasteiger partial charge >= 0.3 is 0 Å². The first-order valence-corrected chi connectivity index (χ1v) is 12.2. The first-order valence-electron chi connectivity index (χ1n) is 11.0. The molecule has 0 radical (unpaired) electrons. The minimum Gasteiger partial charge on any atom is -0.365 e. The van der Waals surface area contributed by atoms with Crippen molar-refractivity contribution in [2.75, 3.05) is 36.5 Å². The van der Waals surface area contributed by atoms with Crippen LogP contribution in [0.25, 0.3) is 10.2 Å². The maximum atomic E-state index is 12.9. The Morgan fingerprint density at radius 2 is 1.84 bits per heavy atom. The van der Waals surface area contributed by atoms with Gasteiger partial charge in [-0.15, -0.1) is 0 Å². The number of amides is 1. The van der Waals surface area contributed by atoms with E-state index >= 15 is 0 Å². The number of nitrogens with zero attached hydrogens (tertiary/aromatic N) is 4. The van der Waals surface area contributed by atoms with Gasteiger partial charge in [-0.3, -0.25) is 10.2 Å². The van der Waals surface area contributed by atoms with Crippen molar-refractivity contribution in [3.63, 3.8) is 0 Å². The average molecular weight is 470 g/mol. The van der Waals surface area contributed by atoms with E-state index in [4.69, 9.17) is 16.6 Å². The van der Waals surface area contributed by atoms with E-state index in [9.17, 15) is 4.79 Å². The number of carbonyl (C=O) groups excluding carboxylic acids is 1. The molecule has 0 unspecified atom stereocenters. The van der Waals surface area contributed by atoms with Gasteiger partial charge in [-0.25, -0.2) is 4.98 Å². The smallest absolute Gasteiger partial charge is 0.253 e. The fourth-order valence-corrected chi connectivity index (χ4v) is 4.81. The maximum absolute atomic E-state index is 12.9. The van der Waals surface area contributed by atoms with Crippen LogP contribution in [0.3, 0.4) is 0 Å². The highest BCUT2D eigenvalue weighted by atomic mass is 35.5. The van der Waals surface area contributed by atoms with Gasteiger partial charge in [0.2, 0.25) is 5.13 Å². The van der Waals surface area contributed by atoms with E-state index in [1.807, 2.05) is 48.2 Å². The van der Waals surface area contributed by atoms with Crippen molar-refractivity contribution in [1.82, 2.24) is 9.88 Å². The number of rotatable bonds is 6. The predicted octanol–water partition coefficient (Wildman–Crippen LogP) is 5.67. The number of piperazine rings is 1. The van der Waals surface area contributed by atoms with Crippen molar-refractivity contribution in [2.45, 2.75) is 33.6 Å². The van der Waals surface area contributed by atoms with Gasteiger partial charge in [-0.1, -0.05) is 48.9 Å². The van der Waals surface area contributed by atoms with Crippen LogP contribution >= 0.6 is 22.9 Å². The molecule has 0 aliphatic carbocycles. The van der Waals surface area contributed by atoms with Crippen LogP contribution < -0.4 is 10.3 Å². The molecule has 1 fully saturated rings. The van der Waals surface area contributed by atoms with Crippen molar-refractivity contribution in [3.05, 3.63) is 52.5 Å². The lowest BCUT2D eigenvalue weighted by atomic mass is 10.1. The Morgan fingerprint density at radius 3 is 2.50 bits per heavy atom. The number of halogens is 1. The van der Waals surface area contributed by atoms with Crippen LogP contribution in [0.5, 0.6) is 0 Å². The van der Waals surface area contributed by atoms with Crippen LogP contribution in [0.4, 0.5) is 10.8 Å².